The van der Waals surface area contributed by atoms with E-state index in [0.717, 1.165) is 24.2 Å². The molecule has 0 spiro atoms. The Morgan fingerprint density at radius 2 is 1.74 bits per heavy atom. The molecule has 2 aromatic carbocycles. The van der Waals surface area contributed by atoms with Gasteiger partial charge in [-0.2, -0.15) is 0 Å². The molecule has 1 unspecified atom stereocenters. The monoisotopic (exact) mass is 254 g/mol. The van der Waals surface area contributed by atoms with E-state index in [0.29, 0.717) is 5.75 Å². The Morgan fingerprint density at radius 1 is 0.947 bits per heavy atom. The van der Waals surface area contributed by atoms with E-state index >= 15 is 0 Å². The summed E-state index contributed by atoms with van der Waals surface area (Å²) in [6.07, 6.45) is 4.58. The summed E-state index contributed by atoms with van der Waals surface area (Å²) in [5, 5.41) is 9.37. The number of rotatable bonds is 1. The SMILES string of the molecule is Oc1ccc(C2CCCCc3ccccc3O2)cc1. The summed E-state index contributed by atoms with van der Waals surface area (Å²) >= 11 is 0. The fourth-order valence-electron chi connectivity index (χ4n) is 2.61. The van der Waals surface area contributed by atoms with E-state index in [-0.39, 0.29) is 6.10 Å². The summed E-state index contributed by atoms with van der Waals surface area (Å²) in [5.41, 5.74) is 2.43. The van der Waals surface area contributed by atoms with E-state index < -0.39 is 0 Å². The molecule has 0 saturated heterocycles. The first kappa shape index (κ1) is 12.1. The van der Waals surface area contributed by atoms with Gasteiger partial charge in [0.25, 0.3) is 0 Å². The van der Waals surface area contributed by atoms with Crippen LogP contribution in [0.2, 0.25) is 0 Å². The second-order valence-electron chi connectivity index (χ2n) is 5.05. The number of phenolic OH excluding ortho intramolecular Hbond substituents is 1. The number of phenols is 1. The molecule has 3 rings (SSSR count). The lowest BCUT2D eigenvalue weighted by Gasteiger charge is -2.24. The smallest absolute Gasteiger partial charge is 0.124 e. The third-order valence-electron chi connectivity index (χ3n) is 3.67. The van der Waals surface area contributed by atoms with Crippen molar-refractivity contribution in [2.75, 3.05) is 0 Å². The number of aromatic hydroxyl groups is 1. The van der Waals surface area contributed by atoms with E-state index in [1.54, 1.807) is 12.1 Å². The van der Waals surface area contributed by atoms with E-state index in [2.05, 4.69) is 12.1 Å². The van der Waals surface area contributed by atoms with Gasteiger partial charge in [-0.05, 0) is 55.0 Å². The fourth-order valence-corrected chi connectivity index (χ4v) is 2.61. The highest BCUT2D eigenvalue weighted by atomic mass is 16.5. The van der Waals surface area contributed by atoms with Crippen molar-refractivity contribution in [1.29, 1.82) is 0 Å². The van der Waals surface area contributed by atoms with Gasteiger partial charge in [0.15, 0.2) is 0 Å². The van der Waals surface area contributed by atoms with Crippen molar-refractivity contribution in [2.45, 2.75) is 31.8 Å². The maximum absolute atomic E-state index is 9.37. The van der Waals surface area contributed by atoms with Crippen LogP contribution in [0.15, 0.2) is 48.5 Å². The number of hydrogen-bond acceptors (Lipinski definition) is 2. The molecule has 1 aliphatic rings. The first-order valence-corrected chi connectivity index (χ1v) is 6.86. The summed E-state index contributed by atoms with van der Waals surface area (Å²) in [4.78, 5) is 0. The molecule has 19 heavy (non-hydrogen) atoms. The van der Waals surface area contributed by atoms with Crippen LogP contribution >= 0.6 is 0 Å². The normalized spacial score (nSPS) is 18.8. The third-order valence-corrected chi connectivity index (χ3v) is 3.67. The zero-order valence-electron chi connectivity index (χ0n) is 10.9. The topological polar surface area (TPSA) is 29.5 Å². The molecule has 0 amide bonds. The third kappa shape index (κ3) is 2.73. The second kappa shape index (κ2) is 5.35. The van der Waals surface area contributed by atoms with Crippen molar-refractivity contribution in [1.82, 2.24) is 0 Å². The Balaban J connectivity index is 1.89. The van der Waals surface area contributed by atoms with Crippen molar-refractivity contribution in [3.63, 3.8) is 0 Å². The molecule has 1 N–H and O–H groups in total. The Bertz CT molecular complexity index is 545. The van der Waals surface area contributed by atoms with E-state index in [9.17, 15) is 5.11 Å². The summed E-state index contributed by atoms with van der Waals surface area (Å²) < 4.78 is 6.18. The van der Waals surface area contributed by atoms with Gasteiger partial charge < -0.3 is 9.84 Å². The van der Waals surface area contributed by atoms with Gasteiger partial charge in [-0.25, -0.2) is 0 Å². The largest absolute Gasteiger partial charge is 0.508 e. The highest BCUT2D eigenvalue weighted by molar-refractivity contribution is 5.35. The minimum atomic E-state index is 0.0852. The van der Waals surface area contributed by atoms with Gasteiger partial charge in [-0.3, -0.25) is 0 Å². The van der Waals surface area contributed by atoms with E-state index in [1.165, 1.54) is 18.4 Å². The molecule has 98 valence electrons. The van der Waals surface area contributed by atoms with Gasteiger partial charge in [-0.15, -0.1) is 0 Å². The number of ether oxygens (including phenoxy) is 1. The molecule has 0 saturated carbocycles. The zero-order valence-corrected chi connectivity index (χ0v) is 10.9. The predicted octanol–water partition coefficient (Wildman–Crippen LogP) is 4.24. The Kier molecular flexibility index (Phi) is 3.41. The molecule has 2 nitrogen and oxygen atoms in total. The standard InChI is InChI=1S/C17H18O2/c18-15-11-9-14(10-12-15)17-8-4-2-6-13-5-1-3-7-16(13)19-17/h1,3,5,7,9-12,17-18H,2,4,6,8H2. The molecule has 2 heteroatoms. The van der Waals surface area contributed by atoms with Gasteiger partial charge in [-0.1, -0.05) is 30.3 Å². The van der Waals surface area contributed by atoms with Gasteiger partial charge in [0.2, 0.25) is 0 Å². The summed E-state index contributed by atoms with van der Waals surface area (Å²) in [6, 6.07) is 15.6. The molecular formula is C17H18O2. The first-order chi connectivity index (χ1) is 9.33. The number of fused-ring (bicyclic) bond motifs is 1. The number of aryl methyl sites for hydroxylation is 1. The second-order valence-corrected chi connectivity index (χ2v) is 5.05. The first-order valence-electron chi connectivity index (χ1n) is 6.86. The Labute approximate surface area is 113 Å². The average Bonchev–Trinajstić information content (AvgIpc) is 2.41. The van der Waals surface area contributed by atoms with Crippen LogP contribution in [-0.4, -0.2) is 5.11 Å². The lowest BCUT2D eigenvalue weighted by Crippen LogP contribution is -2.11. The van der Waals surface area contributed by atoms with Crippen molar-refractivity contribution in [3.05, 3.63) is 59.7 Å². The molecule has 0 aromatic heterocycles. The number of para-hydroxylation sites is 1. The highest BCUT2D eigenvalue weighted by Crippen LogP contribution is 2.32. The molecule has 0 aliphatic carbocycles. The van der Waals surface area contributed by atoms with Crippen LogP contribution in [0, 0.1) is 0 Å². The quantitative estimate of drug-likeness (QED) is 0.824. The minimum absolute atomic E-state index is 0.0852. The predicted molar refractivity (Wildman–Crippen MR) is 75.5 cm³/mol. The van der Waals surface area contributed by atoms with Gasteiger partial charge in [0, 0.05) is 0 Å². The van der Waals surface area contributed by atoms with Crippen LogP contribution in [0.1, 0.15) is 36.5 Å². The molecule has 1 aliphatic heterocycles. The molecule has 0 fully saturated rings. The van der Waals surface area contributed by atoms with Crippen LogP contribution in [-0.2, 0) is 6.42 Å². The minimum Gasteiger partial charge on any atom is -0.508 e. The molecule has 0 radical (unpaired) electrons. The summed E-state index contributed by atoms with van der Waals surface area (Å²) in [5.74, 6) is 1.30. The maximum atomic E-state index is 9.37. The van der Waals surface area contributed by atoms with Crippen LogP contribution < -0.4 is 4.74 Å². The van der Waals surface area contributed by atoms with Gasteiger partial charge >= 0.3 is 0 Å². The molecule has 0 bridgehead atoms. The van der Waals surface area contributed by atoms with Crippen molar-refractivity contribution >= 4 is 0 Å². The van der Waals surface area contributed by atoms with Crippen molar-refractivity contribution in [2.24, 2.45) is 0 Å². The van der Waals surface area contributed by atoms with Gasteiger partial charge in [0.1, 0.15) is 17.6 Å². The lowest BCUT2D eigenvalue weighted by atomic mass is 9.98. The van der Waals surface area contributed by atoms with Crippen LogP contribution in [0.3, 0.4) is 0 Å². The highest BCUT2D eigenvalue weighted by Gasteiger charge is 2.17. The molecular weight excluding hydrogens is 236 g/mol. The van der Waals surface area contributed by atoms with E-state index in [4.69, 9.17) is 4.74 Å². The number of hydrogen-bond donors (Lipinski definition) is 1. The van der Waals surface area contributed by atoms with Crippen LogP contribution in [0.5, 0.6) is 11.5 Å². The summed E-state index contributed by atoms with van der Waals surface area (Å²) in [7, 11) is 0. The van der Waals surface area contributed by atoms with Crippen molar-refractivity contribution < 1.29 is 9.84 Å². The molecule has 1 atom stereocenters. The van der Waals surface area contributed by atoms with Crippen LogP contribution in [0.4, 0.5) is 0 Å². The average molecular weight is 254 g/mol. The van der Waals surface area contributed by atoms with Gasteiger partial charge in [0.05, 0.1) is 0 Å². The lowest BCUT2D eigenvalue weighted by molar-refractivity contribution is 0.183. The van der Waals surface area contributed by atoms with Crippen molar-refractivity contribution in [3.8, 4) is 11.5 Å². The fraction of sp³-hybridized carbons (Fsp3) is 0.294. The maximum Gasteiger partial charge on any atom is 0.124 e. The summed E-state index contributed by atoms with van der Waals surface area (Å²) in [6.45, 7) is 0. The zero-order chi connectivity index (χ0) is 13.1. The Morgan fingerprint density at radius 3 is 2.58 bits per heavy atom. The molecule has 2 aromatic rings. The Hall–Kier alpha value is -1.96. The van der Waals surface area contributed by atoms with Crippen LogP contribution in [0.25, 0.3) is 0 Å². The van der Waals surface area contributed by atoms with E-state index in [1.807, 2.05) is 24.3 Å². The molecule has 1 heterocycles. The number of benzene rings is 2.